The second-order valence-corrected chi connectivity index (χ2v) is 6.42. The van der Waals surface area contributed by atoms with Crippen molar-refractivity contribution in [3.05, 3.63) is 29.3 Å². The predicted molar refractivity (Wildman–Crippen MR) is 93.5 cm³/mol. The van der Waals surface area contributed by atoms with Gasteiger partial charge in [-0.3, -0.25) is 4.90 Å². The molecule has 0 unspecified atom stereocenters. The summed E-state index contributed by atoms with van der Waals surface area (Å²) in [6, 6.07) is 7.06. The van der Waals surface area contributed by atoms with Crippen molar-refractivity contribution in [1.29, 1.82) is 0 Å². The van der Waals surface area contributed by atoms with Crippen molar-refractivity contribution < 1.29 is 9.59 Å². The minimum atomic E-state index is -0.101. The minimum Gasteiger partial charge on any atom is -0.336 e. The average molecular weight is 352 g/mol. The van der Waals surface area contributed by atoms with Crippen molar-refractivity contribution in [2.45, 2.75) is 0 Å². The van der Waals surface area contributed by atoms with E-state index >= 15 is 0 Å². The largest absolute Gasteiger partial charge is 0.336 e. The maximum absolute atomic E-state index is 12.3. The molecule has 0 aromatic heterocycles. The highest BCUT2D eigenvalue weighted by molar-refractivity contribution is 6.30. The fourth-order valence-electron chi connectivity index (χ4n) is 2.93. The Morgan fingerprint density at radius 3 is 2.62 bits per heavy atom. The number of carbonyl (C=O) groups is 2. The van der Waals surface area contributed by atoms with Crippen molar-refractivity contribution in [2.24, 2.45) is 0 Å². The number of carbonyl (C=O) groups excluding carboxylic acids is 2. The number of hydrogen-bond donors (Lipinski definition) is 2. The van der Waals surface area contributed by atoms with Crippen LogP contribution in [0, 0.1) is 0 Å². The van der Waals surface area contributed by atoms with E-state index in [2.05, 4.69) is 15.5 Å². The summed E-state index contributed by atoms with van der Waals surface area (Å²) in [5, 5.41) is 6.28. The van der Waals surface area contributed by atoms with E-state index in [1.54, 1.807) is 17.0 Å². The normalized spacial score (nSPS) is 18.6. The van der Waals surface area contributed by atoms with Gasteiger partial charge >= 0.3 is 12.1 Å². The Morgan fingerprint density at radius 1 is 1.17 bits per heavy atom. The number of nitrogens with one attached hydrogen (secondary N) is 2. The lowest BCUT2D eigenvalue weighted by molar-refractivity contribution is 0.139. The van der Waals surface area contributed by atoms with Gasteiger partial charge in [0.2, 0.25) is 0 Å². The van der Waals surface area contributed by atoms with Gasteiger partial charge in [0.25, 0.3) is 0 Å². The van der Waals surface area contributed by atoms with Crippen LogP contribution in [0.15, 0.2) is 24.3 Å². The predicted octanol–water partition coefficient (Wildman–Crippen LogP) is 1.51. The van der Waals surface area contributed by atoms with Crippen LogP contribution in [0.4, 0.5) is 15.3 Å². The van der Waals surface area contributed by atoms with Crippen LogP contribution in [0.1, 0.15) is 0 Å². The van der Waals surface area contributed by atoms with Crippen molar-refractivity contribution in [3.8, 4) is 0 Å². The van der Waals surface area contributed by atoms with Crippen LogP contribution in [0.3, 0.4) is 0 Å². The van der Waals surface area contributed by atoms with Gasteiger partial charge in [0.05, 0.1) is 0 Å². The number of rotatable bonds is 4. The van der Waals surface area contributed by atoms with E-state index in [-0.39, 0.29) is 12.1 Å². The lowest BCUT2D eigenvalue weighted by Crippen LogP contribution is -2.51. The fraction of sp³-hybridized carbons (Fsp3) is 0.500. The summed E-state index contributed by atoms with van der Waals surface area (Å²) in [4.78, 5) is 29.7. The molecule has 1 aromatic rings. The molecular formula is C16H22ClN5O2. The Bertz CT molecular complexity index is 604. The molecule has 2 fully saturated rings. The van der Waals surface area contributed by atoms with E-state index in [1.165, 1.54) is 0 Å². The molecule has 0 spiro atoms. The first-order chi connectivity index (χ1) is 11.6. The van der Waals surface area contributed by atoms with Crippen LogP contribution in [0.2, 0.25) is 5.02 Å². The van der Waals surface area contributed by atoms with Gasteiger partial charge in [-0.2, -0.15) is 0 Å². The quantitative estimate of drug-likeness (QED) is 0.864. The zero-order valence-corrected chi connectivity index (χ0v) is 14.3. The molecule has 2 aliphatic rings. The molecule has 2 N–H and O–H groups in total. The summed E-state index contributed by atoms with van der Waals surface area (Å²) in [5.74, 6) is 0. The molecule has 3 rings (SSSR count). The highest BCUT2D eigenvalue weighted by Crippen LogP contribution is 2.15. The van der Waals surface area contributed by atoms with E-state index < -0.39 is 0 Å². The molecule has 130 valence electrons. The number of halogens is 1. The monoisotopic (exact) mass is 351 g/mol. The molecule has 8 heteroatoms. The first-order valence-corrected chi connectivity index (χ1v) is 8.56. The number of hydrogen-bond acceptors (Lipinski definition) is 3. The molecule has 24 heavy (non-hydrogen) atoms. The molecule has 4 amide bonds. The van der Waals surface area contributed by atoms with Gasteiger partial charge in [-0.05, 0) is 18.2 Å². The molecule has 2 aliphatic heterocycles. The number of anilines is 1. The fourth-order valence-corrected chi connectivity index (χ4v) is 3.12. The second kappa shape index (κ2) is 7.72. The van der Waals surface area contributed by atoms with Crippen LogP contribution >= 0.6 is 11.6 Å². The highest BCUT2D eigenvalue weighted by Gasteiger charge is 2.23. The van der Waals surface area contributed by atoms with Gasteiger partial charge < -0.3 is 20.4 Å². The third kappa shape index (κ3) is 4.30. The first-order valence-electron chi connectivity index (χ1n) is 8.18. The zero-order chi connectivity index (χ0) is 16.9. The Hall–Kier alpha value is -1.99. The van der Waals surface area contributed by atoms with Gasteiger partial charge in [0.1, 0.15) is 0 Å². The van der Waals surface area contributed by atoms with Gasteiger partial charge in [0, 0.05) is 63.1 Å². The van der Waals surface area contributed by atoms with E-state index in [0.29, 0.717) is 23.8 Å². The standard InChI is InChI=1S/C16H22ClN5O2/c17-13-2-1-3-14(12-13)19-16(24)22-10-7-20(8-11-22)6-9-21-5-4-18-15(21)23/h1-3,12H,4-11H2,(H,18,23)(H,19,24). The lowest BCUT2D eigenvalue weighted by Gasteiger charge is -2.35. The maximum Gasteiger partial charge on any atom is 0.321 e. The first kappa shape index (κ1) is 16.9. The zero-order valence-electron chi connectivity index (χ0n) is 13.5. The van der Waals surface area contributed by atoms with Crippen LogP contribution in [-0.4, -0.2) is 79.1 Å². The number of urea groups is 2. The topological polar surface area (TPSA) is 67.9 Å². The lowest BCUT2D eigenvalue weighted by atomic mass is 10.3. The third-order valence-electron chi connectivity index (χ3n) is 4.37. The van der Waals surface area contributed by atoms with Gasteiger partial charge in [-0.25, -0.2) is 9.59 Å². The van der Waals surface area contributed by atoms with Gasteiger partial charge in [-0.1, -0.05) is 17.7 Å². The SMILES string of the molecule is O=C1NCCN1CCN1CCN(C(=O)Nc2cccc(Cl)c2)CC1. The number of amides is 4. The Kier molecular flexibility index (Phi) is 5.42. The van der Waals surface area contributed by atoms with E-state index in [0.717, 1.165) is 39.3 Å². The van der Waals surface area contributed by atoms with Crippen LogP contribution in [-0.2, 0) is 0 Å². The Balaban J connectivity index is 1.41. The van der Waals surface area contributed by atoms with E-state index in [9.17, 15) is 9.59 Å². The average Bonchev–Trinajstić information content (AvgIpc) is 2.98. The molecule has 0 saturated carbocycles. The molecule has 7 nitrogen and oxygen atoms in total. The molecule has 0 radical (unpaired) electrons. The second-order valence-electron chi connectivity index (χ2n) is 5.99. The van der Waals surface area contributed by atoms with Gasteiger partial charge in [-0.15, -0.1) is 0 Å². The number of nitrogens with zero attached hydrogens (tertiary/aromatic N) is 3. The molecular weight excluding hydrogens is 330 g/mol. The molecule has 1 aromatic carbocycles. The van der Waals surface area contributed by atoms with E-state index in [4.69, 9.17) is 11.6 Å². The molecule has 0 atom stereocenters. The molecule has 0 aliphatic carbocycles. The van der Waals surface area contributed by atoms with Crippen LogP contribution in [0.25, 0.3) is 0 Å². The summed E-state index contributed by atoms with van der Waals surface area (Å²) < 4.78 is 0. The van der Waals surface area contributed by atoms with Crippen LogP contribution in [0.5, 0.6) is 0 Å². The van der Waals surface area contributed by atoms with Crippen molar-refractivity contribution in [3.63, 3.8) is 0 Å². The Labute approximate surface area is 146 Å². The Morgan fingerprint density at radius 2 is 1.96 bits per heavy atom. The van der Waals surface area contributed by atoms with Gasteiger partial charge in [0.15, 0.2) is 0 Å². The molecule has 2 saturated heterocycles. The molecule has 0 bridgehead atoms. The summed E-state index contributed by atoms with van der Waals surface area (Å²) in [5.41, 5.74) is 0.704. The summed E-state index contributed by atoms with van der Waals surface area (Å²) >= 11 is 5.93. The smallest absolute Gasteiger partial charge is 0.321 e. The number of piperazine rings is 1. The van der Waals surface area contributed by atoms with Crippen molar-refractivity contribution in [2.75, 3.05) is 57.7 Å². The van der Waals surface area contributed by atoms with Crippen molar-refractivity contribution in [1.82, 2.24) is 20.0 Å². The summed E-state index contributed by atoms with van der Waals surface area (Å²) in [6.07, 6.45) is 0. The van der Waals surface area contributed by atoms with Crippen LogP contribution < -0.4 is 10.6 Å². The number of benzene rings is 1. The summed E-state index contributed by atoms with van der Waals surface area (Å²) in [6.45, 7) is 6.09. The molecule has 2 heterocycles. The minimum absolute atomic E-state index is 0.0227. The van der Waals surface area contributed by atoms with E-state index in [1.807, 2.05) is 17.0 Å². The highest BCUT2D eigenvalue weighted by atomic mass is 35.5. The maximum atomic E-state index is 12.3. The third-order valence-corrected chi connectivity index (χ3v) is 4.60. The van der Waals surface area contributed by atoms with Crippen molar-refractivity contribution >= 4 is 29.4 Å². The summed E-state index contributed by atoms with van der Waals surface area (Å²) in [7, 11) is 0.